The number of hydrogen-bond donors (Lipinski definition) is 1. The van der Waals surface area contributed by atoms with Gasteiger partial charge in [-0.1, -0.05) is 243 Å². The van der Waals surface area contributed by atoms with Crippen molar-refractivity contribution in [1.29, 1.82) is 0 Å². The van der Waals surface area contributed by atoms with Gasteiger partial charge in [0.2, 0.25) is 0 Å². The number of phenols is 1. The van der Waals surface area contributed by atoms with Crippen LogP contribution in [0.4, 0.5) is 0 Å². The molecule has 0 bridgehead atoms. The van der Waals surface area contributed by atoms with Crippen LogP contribution in [0.25, 0.3) is 0 Å². The molecular formula is C60H112O2. The maximum atomic E-state index is 10.6. The molecule has 0 aliphatic carbocycles. The van der Waals surface area contributed by atoms with Gasteiger partial charge in [-0.05, 0) is 110 Å². The number of phenolic OH excluding ortho intramolecular Hbond substituents is 1. The fourth-order valence-corrected chi connectivity index (χ4v) is 11.2. The van der Waals surface area contributed by atoms with Gasteiger partial charge in [-0.2, -0.15) is 0 Å². The monoisotopic (exact) mass is 865 g/mol. The second-order valence-electron chi connectivity index (χ2n) is 24.1. The first-order valence-electron chi connectivity index (χ1n) is 27.8. The number of aromatic hydroxyl groups is 1. The van der Waals surface area contributed by atoms with E-state index in [1.54, 1.807) is 0 Å². The Morgan fingerprint density at radius 2 is 0.645 bits per heavy atom. The molecule has 0 radical (unpaired) electrons. The van der Waals surface area contributed by atoms with Crippen molar-refractivity contribution in [3.63, 3.8) is 0 Å². The first-order chi connectivity index (χ1) is 29.3. The van der Waals surface area contributed by atoms with Gasteiger partial charge >= 0.3 is 0 Å². The summed E-state index contributed by atoms with van der Waals surface area (Å²) in [6.07, 6.45) is 39.1. The zero-order valence-corrected chi connectivity index (χ0v) is 44.9. The van der Waals surface area contributed by atoms with Crippen molar-refractivity contribution >= 4 is 0 Å². The lowest BCUT2D eigenvalue weighted by molar-refractivity contribution is 0.0496. The zero-order valence-electron chi connectivity index (χ0n) is 44.9. The third-order valence-electron chi connectivity index (χ3n) is 16.8. The Balaban J connectivity index is 1.42. The standard InChI is InChI=1S/C60H112O2/c1-44(2)25-16-26-45(3)27-17-28-46(4)29-18-30-47(5)31-19-32-48(6)33-20-34-49(7)35-21-36-50(8)37-22-38-51(9)39-23-40-52(10)41-24-42-53(11)60(15)43-57-56(14)58(61)54(12)55(13)59(57)62-60/h44-53,61H,16-43H2,1-15H3. The van der Waals surface area contributed by atoms with Crippen molar-refractivity contribution in [2.24, 2.45) is 59.2 Å². The molecular weight excluding hydrogens is 753 g/mol. The van der Waals surface area contributed by atoms with E-state index in [9.17, 15) is 5.11 Å². The average Bonchev–Trinajstić information content (AvgIpc) is 3.58. The predicted molar refractivity (Wildman–Crippen MR) is 277 cm³/mol. The molecule has 0 spiro atoms. The fraction of sp³-hybridized carbons (Fsp3) is 0.900. The summed E-state index contributed by atoms with van der Waals surface area (Å²) in [4.78, 5) is 0. The molecule has 0 aromatic heterocycles. The van der Waals surface area contributed by atoms with E-state index in [0.29, 0.717) is 11.7 Å². The van der Waals surface area contributed by atoms with E-state index in [1.165, 1.54) is 179 Å². The van der Waals surface area contributed by atoms with Crippen LogP contribution in [0.1, 0.15) is 279 Å². The zero-order chi connectivity index (χ0) is 46.2. The van der Waals surface area contributed by atoms with Gasteiger partial charge in [0.15, 0.2) is 0 Å². The van der Waals surface area contributed by atoms with E-state index < -0.39 is 0 Å². The summed E-state index contributed by atoms with van der Waals surface area (Å²) < 4.78 is 6.67. The van der Waals surface area contributed by atoms with Gasteiger partial charge in [0.25, 0.3) is 0 Å². The smallest absolute Gasteiger partial charge is 0.127 e. The van der Waals surface area contributed by atoms with Crippen molar-refractivity contribution in [3.05, 3.63) is 22.3 Å². The maximum absolute atomic E-state index is 10.6. The highest BCUT2D eigenvalue weighted by molar-refractivity contribution is 5.59. The quantitative estimate of drug-likeness (QED) is 0.0722. The molecule has 1 aliphatic rings. The number of hydrogen-bond acceptors (Lipinski definition) is 2. The van der Waals surface area contributed by atoms with Gasteiger partial charge in [-0.25, -0.2) is 0 Å². The minimum atomic E-state index is -0.173. The molecule has 0 saturated carbocycles. The summed E-state index contributed by atoms with van der Waals surface area (Å²) in [5.41, 5.74) is 4.13. The first-order valence-corrected chi connectivity index (χ1v) is 27.8. The van der Waals surface area contributed by atoms with Crippen LogP contribution < -0.4 is 4.74 Å². The molecule has 62 heavy (non-hydrogen) atoms. The Hall–Kier alpha value is -1.18. The number of ether oxygens (including phenoxy) is 1. The molecule has 2 rings (SSSR count). The number of benzene rings is 1. The summed E-state index contributed by atoms with van der Waals surface area (Å²) in [6.45, 7) is 35.6. The second kappa shape index (κ2) is 30.9. The second-order valence-corrected chi connectivity index (χ2v) is 24.1. The predicted octanol–water partition coefficient (Wildman–Crippen LogP) is 19.9. The molecule has 10 unspecified atom stereocenters. The highest BCUT2D eigenvalue weighted by Crippen LogP contribution is 2.48. The highest BCUT2D eigenvalue weighted by atomic mass is 16.5. The SMILES string of the molecule is Cc1c(C)c2c(c(C)c1O)CC(C)(C(C)CCCC(C)CCCC(C)CCCC(C)CCCC(C)CCCC(C)CCCC(C)CCCC(C)CCCC(C)CCCC(C)C)O2. The minimum Gasteiger partial charge on any atom is -0.507 e. The van der Waals surface area contributed by atoms with Gasteiger partial charge in [-0.3, -0.25) is 0 Å². The Bertz CT molecular complexity index is 1260. The third-order valence-corrected chi connectivity index (χ3v) is 16.8. The third kappa shape index (κ3) is 22.8. The van der Waals surface area contributed by atoms with Gasteiger partial charge in [-0.15, -0.1) is 0 Å². The fourth-order valence-electron chi connectivity index (χ4n) is 11.2. The molecule has 1 aromatic rings. The molecule has 1 aromatic carbocycles. The molecule has 0 fully saturated rings. The summed E-state index contributed by atoms with van der Waals surface area (Å²) in [5, 5.41) is 10.6. The lowest BCUT2D eigenvalue weighted by Gasteiger charge is -2.31. The number of fused-ring (bicyclic) bond motifs is 1. The van der Waals surface area contributed by atoms with E-state index in [1.807, 2.05) is 6.92 Å². The van der Waals surface area contributed by atoms with Crippen molar-refractivity contribution < 1.29 is 9.84 Å². The topological polar surface area (TPSA) is 29.5 Å². The summed E-state index contributed by atoms with van der Waals surface area (Å²) in [6, 6.07) is 0. The molecule has 0 amide bonds. The Morgan fingerprint density at radius 3 is 0.919 bits per heavy atom. The van der Waals surface area contributed by atoms with Gasteiger partial charge in [0.1, 0.15) is 17.1 Å². The van der Waals surface area contributed by atoms with E-state index in [2.05, 4.69) is 96.9 Å². The van der Waals surface area contributed by atoms with Crippen LogP contribution in [-0.4, -0.2) is 10.7 Å². The van der Waals surface area contributed by atoms with Crippen LogP contribution in [0.15, 0.2) is 0 Å². The van der Waals surface area contributed by atoms with Crippen LogP contribution in [0.2, 0.25) is 0 Å². The molecule has 2 heteroatoms. The van der Waals surface area contributed by atoms with Gasteiger partial charge < -0.3 is 9.84 Å². The maximum Gasteiger partial charge on any atom is 0.127 e. The van der Waals surface area contributed by atoms with Crippen molar-refractivity contribution in [1.82, 2.24) is 0 Å². The number of rotatable bonds is 37. The molecule has 10 atom stereocenters. The van der Waals surface area contributed by atoms with Crippen molar-refractivity contribution in [2.45, 2.75) is 289 Å². The van der Waals surface area contributed by atoms with Crippen LogP contribution in [0.5, 0.6) is 11.5 Å². The van der Waals surface area contributed by atoms with E-state index >= 15 is 0 Å². The normalized spacial score (nSPS) is 19.7. The van der Waals surface area contributed by atoms with Crippen LogP contribution in [0, 0.1) is 80.0 Å². The molecule has 0 saturated heterocycles. The summed E-state index contributed by atoms with van der Waals surface area (Å²) in [7, 11) is 0. The minimum absolute atomic E-state index is 0.173. The Labute approximate surface area is 390 Å². The lowest BCUT2D eigenvalue weighted by Crippen LogP contribution is -2.38. The molecule has 1 N–H and O–H groups in total. The molecule has 1 aliphatic heterocycles. The molecule has 2 nitrogen and oxygen atoms in total. The van der Waals surface area contributed by atoms with Crippen molar-refractivity contribution in [2.75, 3.05) is 0 Å². The van der Waals surface area contributed by atoms with E-state index in [4.69, 9.17) is 4.74 Å². The van der Waals surface area contributed by atoms with Crippen LogP contribution >= 0.6 is 0 Å². The van der Waals surface area contributed by atoms with E-state index in [0.717, 1.165) is 82.1 Å². The Morgan fingerprint density at radius 1 is 0.387 bits per heavy atom. The average molecular weight is 866 g/mol. The molecule has 1 heterocycles. The summed E-state index contributed by atoms with van der Waals surface area (Å²) in [5.74, 6) is 9.98. The van der Waals surface area contributed by atoms with Crippen LogP contribution in [-0.2, 0) is 6.42 Å². The van der Waals surface area contributed by atoms with Crippen molar-refractivity contribution in [3.8, 4) is 11.5 Å². The lowest BCUT2D eigenvalue weighted by atomic mass is 9.81. The largest absolute Gasteiger partial charge is 0.507 e. The van der Waals surface area contributed by atoms with Gasteiger partial charge in [0, 0.05) is 12.0 Å². The summed E-state index contributed by atoms with van der Waals surface area (Å²) >= 11 is 0. The molecule has 364 valence electrons. The highest BCUT2D eigenvalue weighted by Gasteiger charge is 2.42. The van der Waals surface area contributed by atoms with E-state index in [-0.39, 0.29) is 5.60 Å². The van der Waals surface area contributed by atoms with Gasteiger partial charge in [0.05, 0.1) is 0 Å². The van der Waals surface area contributed by atoms with Crippen LogP contribution in [0.3, 0.4) is 0 Å². The Kier molecular flexibility index (Phi) is 28.4. The first kappa shape index (κ1) is 56.9.